The summed E-state index contributed by atoms with van der Waals surface area (Å²) in [5.74, 6) is 0.162. The largest absolute Gasteiger partial charge is 0.380 e. The van der Waals surface area contributed by atoms with E-state index in [1.807, 2.05) is 18.7 Å². The van der Waals surface area contributed by atoms with E-state index in [0.29, 0.717) is 26.1 Å². The third-order valence-electron chi connectivity index (χ3n) is 3.72. The molecule has 0 aromatic rings. The number of hydrogen-bond donors (Lipinski definition) is 2. The highest BCUT2D eigenvalue weighted by Gasteiger charge is 2.25. The lowest BCUT2D eigenvalue weighted by Gasteiger charge is -2.33. The Balaban J connectivity index is 2.34. The SMILES string of the molecule is COC(CN)CC(=O)N1CCC(NC(=O)C(C)C)CC1. The van der Waals surface area contributed by atoms with Gasteiger partial charge in [-0.15, -0.1) is 0 Å². The normalized spacial score (nSPS) is 18.1. The predicted octanol–water partition coefficient (Wildman–Crippen LogP) is 0.113. The maximum atomic E-state index is 12.1. The van der Waals surface area contributed by atoms with Crippen LogP contribution in [-0.4, -0.2) is 55.6 Å². The third-order valence-corrected chi connectivity index (χ3v) is 3.72. The van der Waals surface area contributed by atoms with E-state index < -0.39 is 0 Å². The predicted molar refractivity (Wildman–Crippen MR) is 77.1 cm³/mol. The Bertz CT molecular complexity index is 322. The topological polar surface area (TPSA) is 84.7 Å². The smallest absolute Gasteiger partial charge is 0.225 e. The van der Waals surface area contributed by atoms with Crippen molar-refractivity contribution in [3.05, 3.63) is 0 Å². The van der Waals surface area contributed by atoms with Crippen molar-refractivity contribution < 1.29 is 14.3 Å². The summed E-state index contributed by atoms with van der Waals surface area (Å²) in [4.78, 5) is 25.5. The van der Waals surface area contributed by atoms with Gasteiger partial charge in [-0.2, -0.15) is 0 Å². The standard InChI is InChI=1S/C14H27N3O3/c1-10(2)14(19)16-11-4-6-17(7-5-11)13(18)8-12(9-15)20-3/h10-12H,4-9,15H2,1-3H3,(H,16,19). The Morgan fingerprint density at radius 3 is 2.40 bits per heavy atom. The van der Waals surface area contributed by atoms with Crippen LogP contribution < -0.4 is 11.1 Å². The lowest BCUT2D eigenvalue weighted by Crippen LogP contribution is -2.48. The first kappa shape index (κ1) is 16.9. The lowest BCUT2D eigenvalue weighted by molar-refractivity contribution is -0.134. The number of likely N-dealkylation sites (tertiary alicyclic amines) is 1. The monoisotopic (exact) mass is 285 g/mol. The van der Waals surface area contributed by atoms with E-state index in [0.717, 1.165) is 12.8 Å². The molecule has 0 aromatic carbocycles. The molecule has 1 rings (SSSR count). The van der Waals surface area contributed by atoms with Gasteiger partial charge in [-0.05, 0) is 12.8 Å². The van der Waals surface area contributed by atoms with Crippen LogP contribution in [0.15, 0.2) is 0 Å². The molecule has 0 spiro atoms. The van der Waals surface area contributed by atoms with Gasteiger partial charge >= 0.3 is 0 Å². The quantitative estimate of drug-likeness (QED) is 0.725. The van der Waals surface area contributed by atoms with Crippen LogP contribution >= 0.6 is 0 Å². The molecule has 0 aliphatic carbocycles. The Morgan fingerprint density at radius 1 is 1.35 bits per heavy atom. The number of methoxy groups -OCH3 is 1. The number of carbonyl (C=O) groups is 2. The zero-order valence-corrected chi connectivity index (χ0v) is 12.7. The van der Waals surface area contributed by atoms with E-state index in [2.05, 4.69) is 5.32 Å². The number of amides is 2. The van der Waals surface area contributed by atoms with Crippen LogP contribution in [-0.2, 0) is 14.3 Å². The highest BCUT2D eigenvalue weighted by Crippen LogP contribution is 2.13. The average Bonchev–Trinajstić information content (AvgIpc) is 2.45. The molecule has 1 aliphatic heterocycles. The average molecular weight is 285 g/mol. The minimum atomic E-state index is -0.208. The van der Waals surface area contributed by atoms with E-state index in [1.165, 1.54) is 0 Å². The van der Waals surface area contributed by atoms with Crippen LogP contribution in [0.1, 0.15) is 33.1 Å². The second kappa shape index (κ2) is 8.21. The van der Waals surface area contributed by atoms with Gasteiger partial charge in [0.2, 0.25) is 11.8 Å². The van der Waals surface area contributed by atoms with Gasteiger partial charge in [-0.25, -0.2) is 0 Å². The molecule has 0 radical (unpaired) electrons. The summed E-state index contributed by atoms with van der Waals surface area (Å²) in [6.07, 6.45) is 1.74. The number of carbonyl (C=O) groups excluding carboxylic acids is 2. The molecule has 1 aliphatic rings. The van der Waals surface area contributed by atoms with Crippen molar-refractivity contribution in [2.24, 2.45) is 11.7 Å². The van der Waals surface area contributed by atoms with Crippen molar-refractivity contribution in [2.45, 2.75) is 45.3 Å². The molecule has 0 bridgehead atoms. The van der Waals surface area contributed by atoms with Crippen molar-refractivity contribution in [3.63, 3.8) is 0 Å². The zero-order valence-electron chi connectivity index (χ0n) is 12.7. The van der Waals surface area contributed by atoms with E-state index in [4.69, 9.17) is 10.5 Å². The molecule has 1 atom stereocenters. The zero-order chi connectivity index (χ0) is 15.1. The fraction of sp³-hybridized carbons (Fsp3) is 0.857. The highest BCUT2D eigenvalue weighted by atomic mass is 16.5. The summed E-state index contributed by atoms with van der Waals surface area (Å²) in [5, 5.41) is 3.02. The second-order valence-electron chi connectivity index (χ2n) is 5.62. The van der Waals surface area contributed by atoms with Crippen molar-refractivity contribution in [3.8, 4) is 0 Å². The molecule has 1 heterocycles. The molecular weight excluding hydrogens is 258 g/mol. The number of nitrogens with two attached hydrogens (primary N) is 1. The van der Waals surface area contributed by atoms with Crippen molar-refractivity contribution in [1.29, 1.82) is 0 Å². The van der Waals surface area contributed by atoms with E-state index >= 15 is 0 Å². The van der Waals surface area contributed by atoms with Gasteiger partial charge in [-0.1, -0.05) is 13.8 Å². The molecule has 3 N–H and O–H groups in total. The Hall–Kier alpha value is -1.14. The van der Waals surface area contributed by atoms with Crippen LogP contribution in [0.4, 0.5) is 0 Å². The van der Waals surface area contributed by atoms with Gasteiger partial charge in [0.25, 0.3) is 0 Å². The summed E-state index contributed by atoms with van der Waals surface area (Å²) in [5.41, 5.74) is 5.52. The van der Waals surface area contributed by atoms with E-state index in [-0.39, 0.29) is 29.9 Å². The van der Waals surface area contributed by atoms with Gasteiger partial charge in [-0.3, -0.25) is 9.59 Å². The van der Waals surface area contributed by atoms with E-state index in [1.54, 1.807) is 7.11 Å². The Labute approximate surface area is 121 Å². The molecule has 1 fully saturated rings. The van der Waals surface area contributed by atoms with Crippen LogP contribution in [0.25, 0.3) is 0 Å². The van der Waals surface area contributed by atoms with Crippen LogP contribution in [0, 0.1) is 5.92 Å². The molecule has 20 heavy (non-hydrogen) atoms. The number of rotatable bonds is 6. The summed E-state index contributed by atoms with van der Waals surface area (Å²) in [7, 11) is 1.57. The maximum Gasteiger partial charge on any atom is 0.225 e. The molecular formula is C14H27N3O3. The van der Waals surface area contributed by atoms with Crippen LogP contribution in [0.2, 0.25) is 0 Å². The summed E-state index contributed by atoms with van der Waals surface area (Å²) < 4.78 is 5.13. The lowest BCUT2D eigenvalue weighted by atomic mass is 10.0. The van der Waals surface area contributed by atoms with Gasteiger partial charge in [0.15, 0.2) is 0 Å². The number of hydrogen-bond acceptors (Lipinski definition) is 4. The third kappa shape index (κ3) is 5.09. The molecule has 0 aromatic heterocycles. The molecule has 6 nitrogen and oxygen atoms in total. The molecule has 2 amide bonds. The van der Waals surface area contributed by atoms with Crippen LogP contribution in [0.3, 0.4) is 0 Å². The minimum Gasteiger partial charge on any atom is -0.380 e. The van der Waals surface area contributed by atoms with E-state index in [9.17, 15) is 9.59 Å². The number of piperidine rings is 1. The van der Waals surface area contributed by atoms with Crippen molar-refractivity contribution in [1.82, 2.24) is 10.2 Å². The fourth-order valence-electron chi connectivity index (χ4n) is 2.23. The Kier molecular flexibility index (Phi) is 6.95. The number of nitrogens with zero attached hydrogens (tertiary/aromatic N) is 1. The van der Waals surface area contributed by atoms with Gasteiger partial charge in [0.1, 0.15) is 0 Å². The summed E-state index contributed by atoms with van der Waals surface area (Å²) in [6.45, 7) is 5.48. The second-order valence-corrected chi connectivity index (χ2v) is 5.62. The summed E-state index contributed by atoms with van der Waals surface area (Å²) >= 11 is 0. The first-order valence-electron chi connectivity index (χ1n) is 7.29. The molecule has 6 heteroatoms. The van der Waals surface area contributed by atoms with Gasteiger partial charge < -0.3 is 20.7 Å². The molecule has 116 valence electrons. The van der Waals surface area contributed by atoms with Crippen molar-refractivity contribution >= 4 is 11.8 Å². The molecule has 0 saturated carbocycles. The first-order chi connectivity index (χ1) is 9.47. The molecule has 1 saturated heterocycles. The Morgan fingerprint density at radius 2 is 1.95 bits per heavy atom. The maximum absolute atomic E-state index is 12.1. The van der Waals surface area contributed by atoms with Gasteiger partial charge in [0.05, 0.1) is 12.5 Å². The van der Waals surface area contributed by atoms with Crippen LogP contribution in [0.5, 0.6) is 0 Å². The number of ether oxygens (including phenoxy) is 1. The first-order valence-corrected chi connectivity index (χ1v) is 7.29. The highest BCUT2D eigenvalue weighted by molar-refractivity contribution is 5.78. The van der Waals surface area contributed by atoms with Gasteiger partial charge in [0, 0.05) is 38.7 Å². The molecule has 1 unspecified atom stereocenters. The minimum absolute atomic E-state index is 0.00155. The number of nitrogens with one attached hydrogen (secondary N) is 1. The fourth-order valence-corrected chi connectivity index (χ4v) is 2.23. The van der Waals surface area contributed by atoms with Crippen molar-refractivity contribution in [2.75, 3.05) is 26.7 Å². The summed E-state index contributed by atoms with van der Waals surface area (Å²) in [6, 6.07) is 0.182.